The average molecular weight is 302 g/mol. The normalized spacial score (nSPS) is 20.7. The Balaban J connectivity index is 1.76. The lowest BCUT2D eigenvalue weighted by Gasteiger charge is -2.28. The Hall–Kier alpha value is -1.73. The van der Waals surface area contributed by atoms with E-state index >= 15 is 0 Å². The van der Waals surface area contributed by atoms with E-state index in [2.05, 4.69) is 30.0 Å². The molecule has 0 aliphatic carbocycles. The van der Waals surface area contributed by atoms with Crippen LogP contribution in [0.2, 0.25) is 0 Å². The van der Waals surface area contributed by atoms with Crippen molar-refractivity contribution in [2.45, 2.75) is 25.8 Å². The zero-order valence-electron chi connectivity index (χ0n) is 13.0. The summed E-state index contributed by atoms with van der Waals surface area (Å²) in [4.78, 5) is 11.6. The predicted molar refractivity (Wildman–Crippen MR) is 84.2 cm³/mol. The van der Waals surface area contributed by atoms with Gasteiger partial charge in [-0.25, -0.2) is 14.6 Å². The molecule has 0 saturated carbocycles. The molecule has 0 amide bonds. The summed E-state index contributed by atoms with van der Waals surface area (Å²) >= 11 is 0. The van der Waals surface area contributed by atoms with E-state index in [4.69, 9.17) is 4.74 Å². The highest BCUT2D eigenvalue weighted by atomic mass is 16.5. The number of piperidine rings is 1. The summed E-state index contributed by atoms with van der Waals surface area (Å²) in [6.45, 7) is 7.33. The Bertz CT molecular complexity index is 657. The third-order valence-electron chi connectivity index (χ3n) is 4.51. The third-order valence-corrected chi connectivity index (χ3v) is 4.51. The van der Waals surface area contributed by atoms with Crippen molar-refractivity contribution in [3.63, 3.8) is 0 Å². The minimum Gasteiger partial charge on any atom is -0.378 e. The molecule has 0 bridgehead atoms. The smallest absolute Gasteiger partial charge is 0.163 e. The summed E-state index contributed by atoms with van der Waals surface area (Å²) in [6, 6.07) is 0.436. The monoisotopic (exact) mass is 302 g/mol. The molecule has 0 radical (unpaired) electrons. The molecular weight excluding hydrogens is 280 g/mol. The van der Waals surface area contributed by atoms with Gasteiger partial charge < -0.3 is 15.0 Å². The largest absolute Gasteiger partial charge is 0.378 e. The molecule has 0 atom stereocenters. The lowest BCUT2D eigenvalue weighted by atomic mass is 10.1. The summed E-state index contributed by atoms with van der Waals surface area (Å²) in [7, 11) is 0. The maximum atomic E-state index is 5.45. The molecule has 7 nitrogen and oxygen atoms in total. The van der Waals surface area contributed by atoms with Crippen LogP contribution in [0.15, 0.2) is 6.20 Å². The fourth-order valence-electron chi connectivity index (χ4n) is 3.35. The van der Waals surface area contributed by atoms with Crippen LogP contribution in [0.5, 0.6) is 0 Å². The van der Waals surface area contributed by atoms with Crippen LogP contribution < -0.4 is 10.2 Å². The number of rotatable bonds is 2. The van der Waals surface area contributed by atoms with E-state index < -0.39 is 0 Å². The second kappa shape index (κ2) is 5.81. The van der Waals surface area contributed by atoms with Gasteiger partial charge in [-0.3, -0.25) is 0 Å². The Labute approximate surface area is 129 Å². The number of hydrogen-bond donors (Lipinski definition) is 1. The number of ether oxygens (including phenoxy) is 1. The van der Waals surface area contributed by atoms with Gasteiger partial charge in [0.25, 0.3) is 0 Å². The van der Waals surface area contributed by atoms with Gasteiger partial charge in [-0.2, -0.15) is 5.10 Å². The molecule has 22 heavy (non-hydrogen) atoms. The first-order valence-corrected chi connectivity index (χ1v) is 8.08. The van der Waals surface area contributed by atoms with E-state index in [9.17, 15) is 0 Å². The number of morpholine rings is 1. The van der Waals surface area contributed by atoms with E-state index in [0.717, 1.165) is 74.9 Å². The van der Waals surface area contributed by atoms with Gasteiger partial charge in [0.2, 0.25) is 0 Å². The molecule has 4 heterocycles. The van der Waals surface area contributed by atoms with Crippen LogP contribution in [0.1, 0.15) is 24.7 Å². The first kappa shape index (κ1) is 13.9. The van der Waals surface area contributed by atoms with Crippen LogP contribution in [0.4, 0.5) is 5.82 Å². The lowest BCUT2D eigenvalue weighted by molar-refractivity contribution is 0.122. The first-order valence-electron chi connectivity index (χ1n) is 8.08. The maximum absolute atomic E-state index is 5.45. The number of hydrogen-bond acceptors (Lipinski definition) is 6. The van der Waals surface area contributed by atoms with Crippen LogP contribution in [-0.4, -0.2) is 59.1 Å². The molecule has 2 aliphatic heterocycles. The van der Waals surface area contributed by atoms with Crippen molar-refractivity contribution < 1.29 is 4.74 Å². The van der Waals surface area contributed by atoms with Crippen LogP contribution in [0, 0.1) is 6.92 Å². The molecule has 2 saturated heterocycles. The fraction of sp³-hybridized carbons (Fsp3) is 0.667. The van der Waals surface area contributed by atoms with Crippen molar-refractivity contribution >= 4 is 16.9 Å². The van der Waals surface area contributed by atoms with Crippen LogP contribution >= 0.6 is 0 Å². The number of anilines is 1. The quantitative estimate of drug-likeness (QED) is 0.889. The van der Waals surface area contributed by atoms with Gasteiger partial charge in [0.05, 0.1) is 30.8 Å². The van der Waals surface area contributed by atoms with Gasteiger partial charge in [-0.05, 0) is 32.9 Å². The summed E-state index contributed by atoms with van der Waals surface area (Å²) < 4.78 is 7.56. The number of nitrogens with zero attached hydrogens (tertiary/aromatic N) is 5. The van der Waals surface area contributed by atoms with E-state index in [0.29, 0.717) is 6.04 Å². The van der Waals surface area contributed by atoms with Gasteiger partial charge in [-0.15, -0.1) is 0 Å². The highest BCUT2D eigenvalue weighted by Gasteiger charge is 2.23. The SMILES string of the molecule is Cc1nc(N2CCOCC2)c2cnn(C3CCNCC3)c2n1. The molecule has 0 aromatic carbocycles. The molecule has 118 valence electrons. The summed E-state index contributed by atoms with van der Waals surface area (Å²) in [5.41, 5.74) is 0.973. The van der Waals surface area contributed by atoms with Gasteiger partial charge >= 0.3 is 0 Å². The van der Waals surface area contributed by atoms with Crippen LogP contribution in [0.25, 0.3) is 11.0 Å². The van der Waals surface area contributed by atoms with Gasteiger partial charge in [0.15, 0.2) is 5.65 Å². The zero-order valence-corrected chi connectivity index (χ0v) is 13.0. The predicted octanol–water partition coefficient (Wildman–Crippen LogP) is 0.896. The van der Waals surface area contributed by atoms with Crippen molar-refractivity contribution in [3.05, 3.63) is 12.0 Å². The number of aryl methyl sites for hydroxylation is 1. The Kier molecular flexibility index (Phi) is 3.67. The van der Waals surface area contributed by atoms with Gasteiger partial charge in [0, 0.05) is 13.1 Å². The van der Waals surface area contributed by atoms with Gasteiger partial charge in [0.1, 0.15) is 11.6 Å². The Morgan fingerprint density at radius 1 is 1.18 bits per heavy atom. The molecule has 2 aromatic rings. The van der Waals surface area contributed by atoms with Crippen molar-refractivity contribution in [1.29, 1.82) is 0 Å². The average Bonchev–Trinajstić information content (AvgIpc) is 2.99. The van der Waals surface area contributed by atoms with Crippen LogP contribution in [0.3, 0.4) is 0 Å². The Morgan fingerprint density at radius 3 is 2.73 bits per heavy atom. The number of fused-ring (bicyclic) bond motifs is 1. The molecule has 0 spiro atoms. The van der Waals surface area contributed by atoms with E-state index in [1.807, 2.05) is 13.1 Å². The standard InChI is InChI=1S/C15H22N6O/c1-11-18-14(20-6-8-22-9-7-20)13-10-17-21(15(13)19-11)12-2-4-16-5-3-12/h10,12,16H,2-9H2,1H3. The second-order valence-corrected chi connectivity index (χ2v) is 6.00. The van der Waals surface area contributed by atoms with Crippen molar-refractivity contribution in [3.8, 4) is 0 Å². The zero-order chi connectivity index (χ0) is 14.9. The maximum Gasteiger partial charge on any atom is 0.163 e. The summed E-state index contributed by atoms with van der Waals surface area (Å²) in [5.74, 6) is 1.82. The molecule has 2 aromatic heterocycles. The Morgan fingerprint density at radius 2 is 1.95 bits per heavy atom. The summed E-state index contributed by atoms with van der Waals surface area (Å²) in [6.07, 6.45) is 4.14. The molecule has 0 unspecified atom stereocenters. The molecule has 4 rings (SSSR count). The minimum absolute atomic E-state index is 0.436. The van der Waals surface area contributed by atoms with Crippen molar-refractivity contribution in [2.75, 3.05) is 44.3 Å². The molecular formula is C15H22N6O. The fourth-order valence-corrected chi connectivity index (χ4v) is 3.35. The lowest BCUT2D eigenvalue weighted by Crippen LogP contribution is -2.37. The van der Waals surface area contributed by atoms with Gasteiger partial charge in [-0.1, -0.05) is 0 Å². The molecule has 7 heteroatoms. The van der Waals surface area contributed by atoms with E-state index in [1.54, 1.807) is 0 Å². The molecule has 2 aliphatic rings. The van der Waals surface area contributed by atoms with E-state index in [1.165, 1.54) is 0 Å². The first-order chi connectivity index (χ1) is 10.8. The molecule has 2 fully saturated rings. The van der Waals surface area contributed by atoms with Crippen molar-refractivity contribution in [1.82, 2.24) is 25.1 Å². The number of nitrogens with one attached hydrogen (secondary N) is 1. The topological polar surface area (TPSA) is 68.1 Å². The summed E-state index contributed by atoms with van der Waals surface area (Å²) in [5, 5.41) is 9.11. The highest BCUT2D eigenvalue weighted by Crippen LogP contribution is 2.28. The number of aromatic nitrogens is 4. The second-order valence-electron chi connectivity index (χ2n) is 6.00. The van der Waals surface area contributed by atoms with Crippen LogP contribution in [-0.2, 0) is 4.74 Å². The minimum atomic E-state index is 0.436. The highest BCUT2D eigenvalue weighted by molar-refractivity contribution is 5.87. The molecule has 1 N–H and O–H groups in total. The van der Waals surface area contributed by atoms with E-state index in [-0.39, 0.29) is 0 Å². The van der Waals surface area contributed by atoms with Crippen molar-refractivity contribution in [2.24, 2.45) is 0 Å². The third kappa shape index (κ3) is 2.44.